The van der Waals surface area contributed by atoms with Crippen molar-refractivity contribution in [1.82, 2.24) is 9.78 Å². The minimum absolute atomic E-state index is 0.0902. The van der Waals surface area contributed by atoms with Crippen molar-refractivity contribution < 1.29 is 4.79 Å². The molecule has 1 aliphatic carbocycles. The van der Waals surface area contributed by atoms with Crippen molar-refractivity contribution in [2.24, 2.45) is 5.73 Å². The third kappa shape index (κ3) is 2.44. The van der Waals surface area contributed by atoms with Crippen LogP contribution < -0.4 is 11.1 Å². The molecule has 1 heterocycles. The molecule has 0 atom stereocenters. The van der Waals surface area contributed by atoms with Crippen LogP contribution in [0.4, 0.5) is 5.69 Å². The van der Waals surface area contributed by atoms with E-state index in [0.29, 0.717) is 0 Å². The molecule has 0 unspecified atom stereocenters. The monoisotopic (exact) mass is 270 g/mol. The lowest BCUT2D eigenvalue weighted by molar-refractivity contribution is -0.121. The van der Waals surface area contributed by atoms with Gasteiger partial charge in [0, 0.05) is 18.1 Å². The van der Waals surface area contributed by atoms with E-state index in [1.165, 1.54) is 0 Å². The third-order valence-electron chi connectivity index (χ3n) is 3.82. The van der Waals surface area contributed by atoms with E-state index in [1.54, 1.807) is 10.9 Å². The van der Waals surface area contributed by atoms with Crippen LogP contribution >= 0.6 is 0 Å². The lowest BCUT2D eigenvalue weighted by Crippen LogP contribution is -2.48. The van der Waals surface area contributed by atoms with E-state index in [4.69, 9.17) is 5.73 Å². The predicted octanol–water partition coefficient (Wildman–Crippen LogP) is 2.08. The average Bonchev–Trinajstić information content (AvgIpc) is 3.11. The molecule has 0 spiro atoms. The lowest BCUT2D eigenvalue weighted by Gasteiger charge is -2.22. The molecule has 5 heteroatoms. The van der Waals surface area contributed by atoms with Gasteiger partial charge in [-0.25, -0.2) is 4.68 Å². The summed E-state index contributed by atoms with van der Waals surface area (Å²) in [5.74, 6) is -0.0902. The van der Waals surface area contributed by atoms with Crippen LogP contribution in [-0.2, 0) is 4.79 Å². The largest absolute Gasteiger partial charge is 0.324 e. The fraction of sp³-hybridized carbons (Fsp3) is 0.333. The highest BCUT2D eigenvalue weighted by molar-refractivity contribution is 5.98. The van der Waals surface area contributed by atoms with Crippen molar-refractivity contribution in [3.8, 4) is 5.69 Å². The van der Waals surface area contributed by atoms with Crippen LogP contribution in [0.5, 0.6) is 0 Å². The normalized spacial score (nSPS) is 17.1. The van der Waals surface area contributed by atoms with Gasteiger partial charge in [-0.3, -0.25) is 4.79 Å². The number of nitrogens with one attached hydrogen (secondary N) is 1. The minimum atomic E-state index is -0.707. The first kappa shape index (κ1) is 12.9. The van der Waals surface area contributed by atoms with E-state index < -0.39 is 5.54 Å². The summed E-state index contributed by atoms with van der Waals surface area (Å²) in [4.78, 5) is 12.3. The van der Waals surface area contributed by atoms with Crippen molar-refractivity contribution in [3.63, 3.8) is 0 Å². The Bertz CT molecular complexity index is 600. The predicted molar refractivity (Wildman–Crippen MR) is 77.6 cm³/mol. The summed E-state index contributed by atoms with van der Waals surface area (Å²) in [6, 6.07) is 9.45. The molecule has 1 amide bonds. The second-order valence-corrected chi connectivity index (χ2v) is 5.32. The number of nitrogens with zero attached hydrogens (tertiary/aromatic N) is 2. The Kier molecular flexibility index (Phi) is 3.28. The van der Waals surface area contributed by atoms with Gasteiger partial charge in [-0.15, -0.1) is 0 Å². The van der Waals surface area contributed by atoms with Crippen molar-refractivity contribution in [1.29, 1.82) is 0 Å². The maximum absolute atomic E-state index is 12.3. The zero-order valence-electron chi connectivity index (χ0n) is 11.2. The maximum Gasteiger partial charge on any atom is 0.244 e. The zero-order valence-corrected chi connectivity index (χ0v) is 11.2. The number of amides is 1. The van der Waals surface area contributed by atoms with E-state index in [0.717, 1.165) is 37.1 Å². The summed E-state index contributed by atoms with van der Waals surface area (Å²) in [7, 11) is 0. The number of hydrogen-bond donors (Lipinski definition) is 2. The number of hydrogen-bond acceptors (Lipinski definition) is 3. The Hall–Kier alpha value is -2.14. The van der Waals surface area contributed by atoms with Crippen LogP contribution in [0.25, 0.3) is 5.69 Å². The molecule has 0 bridgehead atoms. The Morgan fingerprint density at radius 3 is 2.80 bits per heavy atom. The number of rotatable bonds is 3. The van der Waals surface area contributed by atoms with Gasteiger partial charge >= 0.3 is 0 Å². The highest BCUT2D eigenvalue weighted by atomic mass is 16.2. The molecular weight excluding hydrogens is 252 g/mol. The van der Waals surface area contributed by atoms with E-state index >= 15 is 0 Å². The first-order valence-corrected chi connectivity index (χ1v) is 6.88. The standard InChI is InChI=1S/C15H18N4O/c16-15(7-1-2-8-15)14(20)18-12-5-3-6-13(11-12)19-10-4-9-17-19/h3-6,9-11H,1-2,7-8,16H2,(H,18,20). The molecule has 1 aromatic carbocycles. The second kappa shape index (κ2) is 5.09. The van der Waals surface area contributed by atoms with Gasteiger partial charge in [0.05, 0.1) is 11.2 Å². The minimum Gasteiger partial charge on any atom is -0.324 e. The number of carbonyl (C=O) groups excluding carboxylic acids is 1. The summed E-state index contributed by atoms with van der Waals surface area (Å²) in [5, 5.41) is 7.10. The van der Waals surface area contributed by atoms with Gasteiger partial charge < -0.3 is 11.1 Å². The van der Waals surface area contributed by atoms with E-state index in [2.05, 4.69) is 10.4 Å². The Morgan fingerprint density at radius 1 is 1.30 bits per heavy atom. The lowest BCUT2D eigenvalue weighted by atomic mass is 9.98. The molecule has 20 heavy (non-hydrogen) atoms. The quantitative estimate of drug-likeness (QED) is 0.897. The first-order valence-electron chi connectivity index (χ1n) is 6.88. The number of benzene rings is 1. The van der Waals surface area contributed by atoms with Gasteiger partial charge in [-0.1, -0.05) is 18.9 Å². The zero-order chi connectivity index (χ0) is 14.0. The maximum atomic E-state index is 12.3. The van der Waals surface area contributed by atoms with Gasteiger partial charge in [0.25, 0.3) is 0 Å². The van der Waals surface area contributed by atoms with E-state index in [-0.39, 0.29) is 5.91 Å². The molecule has 1 aromatic heterocycles. The average molecular weight is 270 g/mol. The topological polar surface area (TPSA) is 72.9 Å². The molecule has 1 aliphatic rings. The Morgan fingerprint density at radius 2 is 2.10 bits per heavy atom. The summed E-state index contributed by atoms with van der Waals surface area (Å²) >= 11 is 0. The summed E-state index contributed by atoms with van der Waals surface area (Å²) < 4.78 is 1.75. The van der Waals surface area contributed by atoms with Gasteiger partial charge in [-0.2, -0.15) is 5.10 Å². The van der Waals surface area contributed by atoms with Crippen LogP contribution in [0.2, 0.25) is 0 Å². The number of carbonyl (C=O) groups is 1. The molecular formula is C15H18N4O. The van der Waals surface area contributed by atoms with E-state index in [9.17, 15) is 4.79 Å². The highest BCUT2D eigenvalue weighted by Gasteiger charge is 2.36. The van der Waals surface area contributed by atoms with Crippen LogP contribution in [0.1, 0.15) is 25.7 Å². The summed E-state index contributed by atoms with van der Waals surface area (Å²) in [6.07, 6.45) is 7.16. The summed E-state index contributed by atoms with van der Waals surface area (Å²) in [5.41, 5.74) is 7.10. The fourth-order valence-corrected chi connectivity index (χ4v) is 2.64. The molecule has 1 saturated carbocycles. The molecule has 1 fully saturated rings. The molecule has 5 nitrogen and oxygen atoms in total. The fourth-order valence-electron chi connectivity index (χ4n) is 2.64. The van der Waals surface area contributed by atoms with Crippen molar-refractivity contribution >= 4 is 11.6 Å². The van der Waals surface area contributed by atoms with Crippen molar-refractivity contribution in [2.75, 3.05) is 5.32 Å². The molecule has 3 rings (SSSR count). The molecule has 3 N–H and O–H groups in total. The van der Waals surface area contributed by atoms with Crippen LogP contribution in [0.3, 0.4) is 0 Å². The Labute approximate surface area is 117 Å². The third-order valence-corrected chi connectivity index (χ3v) is 3.82. The Balaban J connectivity index is 1.78. The van der Waals surface area contributed by atoms with E-state index in [1.807, 2.05) is 36.5 Å². The number of aromatic nitrogens is 2. The number of anilines is 1. The highest BCUT2D eigenvalue weighted by Crippen LogP contribution is 2.28. The SMILES string of the molecule is NC1(C(=O)Nc2cccc(-n3cccn3)c2)CCCC1. The summed E-state index contributed by atoms with van der Waals surface area (Å²) in [6.45, 7) is 0. The van der Waals surface area contributed by atoms with Crippen LogP contribution in [-0.4, -0.2) is 21.2 Å². The van der Waals surface area contributed by atoms with Crippen molar-refractivity contribution in [2.45, 2.75) is 31.2 Å². The van der Waals surface area contributed by atoms with Gasteiger partial charge in [0.2, 0.25) is 5.91 Å². The first-order chi connectivity index (χ1) is 9.67. The molecule has 0 radical (unpaired) electrons. The van der Waals surface area contributed by atoms with Crippen LogP contribution in [0, 0.1) is 0 Å². The van der Waals surface area contributed by atoms with Crippen LogP contribution in [0.15, 0.2) is 42.7 Å². The molecule has 0 aliphatic heterocycles. The van der Waals surface area contributed by atoms with Gasteiger partial charge in [0.15, 0.2) is 0 Å². The van der Waals surface area contributed by atoms with Gasteiger partial charge in [0.1, 0.15) is 0 Å². The molecule has 104 valence electrons. The van der Waals surface area contributed by atoms with Gasteiger partial charge in [-0.05, 0) is 37.1 Å². The molecule has 0 saturated heterocycles. The molecule has 2 aromatic rings. The smallest absolute Gasteiger partial charge is 0.244 e. The second-order valence-electron chi connectivity index (χ2n) is 5.32. The number of nitrogens with two attached hydrogens (primary N) is 1. The van der Waals surface area contributed by atoms with Crippen molar-refractivity contribution in [3.05, 3.63) is 42.7 Å².